The van der Waals surface area contributed by atoms with Gasteiger partial charge in [0, 0.05) is 11.6 Å². The van der Waals surface area contributed by atoms with Gasteiger partial charge >= 0.3 is 0 Å². The SMILES string of the molecule is O=C(COc1cc([N+](=O)[O-])ccc1Br)c1ccc(F)cc1. The second-order valence-electron chi connectivity index (χ2n) is 4.09. The van der Waals surface area contributed by atoms with Gasteiger partial charge in [-0.05, 0) is 46.3 Å². The molecule has 0 unspecified atom stereocenters. The molecule has 0 aromatic heterocycles. The van der Waals surface area contributed by atoms with E-state index in [9.17, 15) is 19.3 Å². The Bertz CT molecular complexity index is 688. The van der Waals surface area contributed by atoms with Crippen LogP contribution in [0, 0.1) is 15.9 Å². The number of benzene rings is 2. The van der Waals surface area contributed by atoms with Crippen LogP contribution in [-0.2, 0) is 0 Å². The van der Waals surface area contributed by atoms with Crippen molar-refractivity contribution in [1.29, 1.82) is 0 Å². The number of nitrogens with zero attached hydrogens (tertiary/aromatic N) is 1. The Balaban J connectivity index is 2.09. The molecule has 108 valence electrons. The number of non-ortho nitro benzene ring substituents is 1. The molecular formula is C14H9BrFNO4. The topological polar surface area (TPSA) is 69.4 Å². The molecule has 0 aliphatic heterocycles. The maximum atomic E-state index is 12.8. The van der Waals surface area contributed by atoms with Crippen LogP contribution in [0.25, 0.3) is 0 Å². The van der Waals surface area contributed by atoms with E-state index in [1.54, 1.807) is 0 Å². The summed E-state index contributed by atoms with van der Waals surface area (Å²) in [6.45, 7) is -0.300. The van der Waals surface area contributed by atoms with Crippen molar-refractivity contribution >= 4 is 27.4 Å². The van der Waals surface area contributed by atoms with Crippen LogP contribution in [0.3, 0.4) is 0 Å². The molecule has 0 saturated heterocycles. The van der Waals surface area contributed by atoms with E-state index < -0.39 is 10.7 Å². The molecule has 0 radical (unpaired) electrons. The lowest BCUT2D eigenvalue weighted by atomic mass is 10.1. The Morgan fingerprint density at radius 3 is 2.52 bits per heavy atom. The normalized spacial score (nSPS) is 10.2. The summed E-state index contributed by atoms with van der Waals surface area (Å²) in [5, 5.41) is 10.7. The van der Waals surface area contributed by atoms with Gasteiger partial charge in [0.2, 0.25) is 0 Å². The molecular weight excluding hydrogens is 345 g/mol. The van der Waals surface area contributed by atoms with Crippen molar-refractivity contribution in [3.63, 3.8) is 0 Å². The maximum Gasteiger partial charge on any atom is 0.273 e. The van der Waals surface area contributed by atoms with E-state index in [2.05, 4.69) is 15.9 Å². The lowest BCUT2D eigenvalue weighted by Crippen LogP contribution is -2.12. The lowest BCUT2D eigenvalue weighted by Gasteiger charge is -2.07. The first-order chi connectivity index (χ1) is 9.97. The molecule has 0 N–H and O–H groups in total. The summed E-state index contributed by atoms with van der Waals surface area (Å²) in [5.74, 6) is -0.595. The smallest absolute Gasteiger partial charge is 0.273 e. The summed E-state index contributed by atoms with van der Waals surface area (Å²) >= 11 is 3.19. The zero-order valence-electron chi connectivity index (χ0n) is 10.6. The van der Waals surface area contributed by atoms with Gasteiger partial charge in [0.1, 0.15) is 11.6 Å². The highest BCUT2D eigenvalue weighted by atomic mass is 79.9. The number of nitro benzene ring substituents is 1. The van der Waals surface area contributed by atoms with E-state index in [1.807, 2.05) is 0 Å². The van der Waals surface area contributed by atoms with E-state index in [1.165, 1.54) is 42.5 Å². The Kier molecular flexibility index (Phi) is 4.64. The molecule has 2 rings (SSSR count). The second-order valence-corrected chi connectivity index (χ2v) is 4.94. The molecule has 0 heterocycles. The minimum Gasteiger partial charge on any atom is -0.484 e. The summed E-state index contributed by atoms with van der Waals surface area (Å²) < 4.78 is 18.5. The molecule has 0 saturated carbocycles. The van der Waals surface area contributed by atoms with Crippen LogP contribution in [0.4, 0.5) is 10.1 Å². The van der Waals surface area contributed by atoms with Gasteiger partial charge in [-0.3, -0.25) is 14.9 Å². The van der Waals surface area contributed by atoms with Crippen molar-refractivity contribution in [2.24, 2.45) is 0 Å². The van der Waals surface area contributed by atoms with Crippen LogP contribution in [0.5, 0.6) is 5.75 Å². The molecule has 0 atom stereocenters. The summed E-state index contributed by atoms with van der Waals surface area (Å²) in [4.78, 5) is 22.0. The summed E-state index contributed by atoms with van der Waals surface area (Å²) in [6, 6.07) is 9.07. The number of ketones is 1. The van der Waals surface area contributed by atoms with Crippen LogP contribution in [0.15, 0.2) is 46.9 Å². The van der Waals surface area contributed by atoms with Gasteiger partial charge in [0.25, 0.3) is 5.69 Å². The monoisotopic (exact) mass is 353 g/mol. The molecule has 0 spiro atoms. The molecule has 0 aliphatic rings. The van der Waals surface area contributed by atoms with Gasteiger partial charge in [-0.25, -0.2) is 4.39 Å². The number of carbonyl (C=O) groups is 1. The Hall–Kier alpha value is -2.28. The minimum atomic E-state index is -0.554. The van der Waals surface area contributed by atoms with Crippen molar-refractivity contribution in [3.05, 3.63) is 68.4 Å². The van der Waals surface area contributed by atoms with Crippen molar-refractivity contribution in [2.75, 3.05) is 6.61 Å². The van der Waals surface area contributed by atoms with E-state index in [4.69, 9.17) is 4.74 Å². The standard InChI is InChI=1S/C14H9BrFNO4/c15-12-6-5-11(17(19)20)7-14(12)21-8-13(18)9-1-3-10(16)4-2-9/h1-7H,8H2. The van der Waals surface area contributed by atoms with Gasteiger partial charge in [-0.2, -0.15) is 0 Å². The molecule has 5 nitrogen and oxygen atoms in total. The van der Waals surface area contributed by atoms with E-state index in [-0.39, 0.29) is 23.8 Å². The van der Waals surface area contributed by atoms with E-state index >= 15 is 0 Å². The molecule has 0 fully saturated rings. The molecule has 2 aromatic carbocycles. The van der Waals surface area contributed by atoms with Gasteiger partial charge in [-0.1, -0.05) is 0 Å². The second kappa shape index (κ2) is 6.45. The third kappa shape index (κ3) is 3.85. The average Bonchev–Trinajstić information content (AvgIpc) is 2.46. The number of hydrogen-bond donors (Lipinski definition) is 0. The number of hydrogen-bond acceptors (Lipinski definition) is 4. The fraction of sp³-hybridized carbons (Fsp3) is 0.0714. The maximum absolute atomic E-state index is 12.8. The van der Waals surface area contributed by atoms with Crippen molar-refractivity contribution in [2.45, 2.75) is 0 Å². The van der Waals surface area contributed by atoms with Crippen molar-refractivity contribution < 1.29 is 18.8 Å². The van der Waals surface area contributed by atoms with E-state index in [0.29, 0.717) is 10.0 Å². The fourth-order valence-electron chi connectivity index (χ4n) is 1.58. The van der Waals surface area contributed by atoms with Gasteiger partial charge in [0.05, 0.1) is 15.5 Å². The molecule has 21 heavy (non-hydrogen) atoms. The fourth-order valence-corrected chi connectivity index (χ4v) is 1.94. The van der Waals surface area contributed by atoms with E-state index in [0.717, 1.165) is 0 Å². The van der Waals surface area contributed by atoms with Crippen LogP contribution < -0.4 is 4.74 Å². The Labute approximate surface area is 127 Å². The highest BCUT2D eigenvalue weighted by Gasteiger charge is 2.13. The number of rotatable bonds is 5. The summed E-state index contributed by atoms with van der Waals surface area (Å²) in [5.41, 5.74) is 0.167. The van der Waals surface area contributed by atoms with Gasteiger partial charge < -0.3 is 4.74 Å². The number of halogens is 2. The number of ether oxygens (including phenoxy) is 1. The Morgan fingerprint density at radius 2 is 1.90 bits per heavy atom. The largest absolute Gasteiger partial charge is 0.484 e. The van der Waals surface area contributed by atoms with Crippen LogP contribution >= 0.6 is 15.9 Å². The quantitative estimate of drug-likeness (QED) is 0.466. The van der Waals surface area contributed by atoms with Crippen molar-refractivity contribution in [1.82, 2.24) is 0 Å². The number of Topliss-reactive ketones (excluding diaryl/α,β-unsaturated/α-hetero) is 1. The lowest BCUT2D eigenvalue weighted by molar-refractivity contribution is -0.384. The van der Waals surface area contributed by atoms with Gasteiger partial charge in [0.15, 0.2) is 12.4 Å². The van der Waals surface area contributed by atoms with Gasteiger partial charge in [-0.15, -0.1) is 0 Å². The molecule has 2 aromatic rings. The first-order valence-electron chi connectivity index (χ1n) is 5.83. The molecule has 7 heteroatoms. The average molecular weight is 354 g/mol. The van der Waals surface area contributed by atoms with Crippen LogP contribution in [-0.4, -0.2) is 17.3 Å². The number of nitro groups is 1. The van der Waals surface area contributed by atoms with Crippen molar-refractivity contribution in [3.8, 4) is 5.75 Å². The molecule has 0 amide bonds. The first kappa shape index (κ1) is 15.1. The first-order valence-corrected chi connectivity index (χ1v) is 6.62. The van der Waals surface area contributed by atoms with Crippen LogP contribution in [0.1, 0.15) is 10.4 Å². The highest BCUT2D eigenvalue weighted by Crippen LogP contribution is 2.29. The summed E-state index contributed by atoms with van der Waals surface area (Å²) in [7, 11) is 0. The predicted octanol–water partition coefficient (Wildman–Crippen LogP) is 3.76. The Morgan fingerprint density at radius 1 is 1.24 bits per heavy atom. The predicted molar refractivity (Wildman–Crippen MR) is 77.0 cm³/mol. The third-order valence-electron chi connectivity index (χ3n) is 2.65. The van der Waals surface area contributed by atoms with Crippen LogP contribution in [0.2, 0.25) is 0 Å². The molecule has 0 bridgehead atoms. The third-order valence-corrected chi connectivity index (χ3v) is 3.31. The highest BCUT2D eigenvalue weighted by molar-refractivity contribution is 9.10. The molecule has 0 aliphatic carbocycles. The zero-order chi connectivity index (χ0) is 15.4. The number of carbonyl (C=O) groups excluding carboxylic acids is 1. The minimum absolute atomic E-state index is 0.137. The zero-order valence-corrected chi connectivity index (χ0v) is 12.2. The summed E-state index contributed by atoms with van der Waals surface area (Å²) in [6.07, 6.45) is 0.